The van der Waals surface area contributed by atoms with E-state index < -0.39 is 11.9 Å². The molecule has 0 atom stereocenters. The summed E-state index contributed by atoms with van der Waals surface area (Å²) in [4.78, 5) is 29.0. The molecule has 0 unspecified atom stereocenters. The normalized spacial score (nSPS) is 11.0. The van der Waals surface area contributed by atoms with Gasteiger partial charge in [0, 0.05) is 6.42 Å². The highest BCUT2D eigenvalue weighted by molar-refractivity contribution is 7.00. The topological polar surface area (TPSA) is 99.0 Å². The number of carbonyl (C=O) groups is 2. The van der Waals surface area contributed by atoms with Gasteiger partial charge >= 0.3 is 5.97 Å². The third kappa shape index (κ3) is 3.56. The average molecular weight is 395 g/mol. The summed E-state index contributed by atoms with van der Waals surface area (Å²) in [5.41, 5.74) is 3.56. The summed E-state index contributed by atoms with van der Waals surface area (Å²) in [6.07, 6.45) is 0.689. The second-order valence-electron chi connectivity index (χ2n) is 6.10. The summed E-state index contributed by atoms with van der Waals surface area (Å²) < 4.78 is 15.3. The Morgan fingerprint density at radius 1 is 1.11 bits per heavy atom. The molecule has 0 fully saturated rings. The summed E-state index contributed by atoms with van der Waals surface area (Å²) in [6, 6.07) is 12.9. The van der Waals surface area contributed by atoms with Crippen LogP contribution in [0, 0.1) is 0 Å². The van der Waals surface area contributed by atoms with Gasteiger partial charge in [0.1, 0.15) is 23.4 Å². The molecular weight excluding hydrogens is 378 g/mol. The maximum absolute atomic E-state index is 12.3. The number of amides is 1. The van der Waals surface area contributed by atoms with Gasteiger partial charge in [-0.15, -0.1) is 0 Å². The largest absolute Gasteiger partial charge is 0.454 e. The van der Waals surface area contributed by atoms with Crippen LogP contribution in [0.15, 0.2) is 42.5 Å². The number of benzene rings is 2. The number of esters is 1. The number of nitrogens with one attached hydrogen (secondary N) is 1. The number of ether oxygens (including phenoxy) is 1. The Morgan fingerprint density at radius 3 is 2.79 bits per heavy atom. The Balaban J connectivity index is 1.40. The van der Waals surface area contributed by atoms with Crippen LogP contribution in [0.3, 0.4) is 0 Å². The summed E-state index contributed by atoms with van der Waals surface area (Å²) in [6.45, 7) is 1.61. The second-order valence-corrected chi connectivity index (χ2v) is 6.63. The van der Waals surface area contributed by atoms with Gasteiger partial charge in [-0.25, -0.2) is 4.98 Å². The number of anilines is 1. The summed E-state index contributed by atoms with van der Waals surface area (Å²) >= 11 is 1.07. The Kier molecular flexibility index (Phi) is 4.98. The van der Waals surface area contributed by atoms with Crippen molar-refractivity contribution in [2.45, 2.75) is 19.9 Å². The van der Waals surface area contributed by atoms with Crippen molar-refractivity contribution in [3.05, 3.63) is 48.3 Å². The molecule has 2 aromatic carbocycles. The fourth-order valence-corrected chi connectivity index (χ4v) is 3.54. The molecule has 2 heterocycles. The van der Waals surface area contributed by atoms with Gasteiger partial charge in [-0.2, -0.15) is 8.75 Å². The molecule has 8 nitrogen and oxygen atoms in total. The number of fused-ring (bicyclic) bond motifs is 2. The number of hydrogen-bond donors (Lipinski definition) is 1. The quantitative estimate of drug-likeness (QED) is 0.504. The minimum Gasteiger partial charge on any atom is -0.454 e. The molecule has 142 valence electrons. The lowest BCUT2D eigenvalue weighted by Crippen LogP contribution is -2.23. The fourth-order valence-electron chi connectivity index (χ4n) is 2.99. The number of aromatic nitrogens is 4. The number of imidazole rings is 1. The van der Waals surface area contributed by atoms with Gasteiger partial charge in [0.05, 0.1) is 28.4 Å². The first-order valence-corrected chi connectivity index (χ1v) is 9.49. The molecule has 0 aliphatic carbocycles. The van der Waals surface area contributed by atoms with Gasteiger partial charge < -0.3 is 14.6 Å². The zero-order valence-corrected chi connectivity index (χ0v) is 15.9. The van der Waals surface area contributed by atoms with Crippen molar-refractivity contribution in [1.29, 1.82) is 0 Å². The molecule has 0 saturated carbocycles. The van der Waals surface area contributed by atoms with Crippen molar-refractivity contribution in [2.75, 3.05) is 11.9 Å². The van der Waals surface area contributed by atoms with Gasteiger partial charge in [0.15, 0.2) is 6.61 Å². The molecule has 9 heteroatoms. The molecule has 2 aromatic heterocycles. The van der Waals surface area contributed by atoms with E-state index >= 15 is 0 Å². The number of rotatable bonds is 6. The zero-order chi connectivity index (χ0) is 19.5. The minimum absolute atomic E-state index is 0.00253. The van der Waals surface area contributed by atoms with Gasteiger partial charge in [0.25, 0.3) is 5.91 Å². The van der Waals surface area contributed by atoms with Crippen LogP contribution < -0.4 is 5.32 Å². The van der Waals surface area contributed by atoms with Crippen LogP contribution in [0.5, 0.6) is 0 Å². The molecule has 28 heavy (non-hydrogen) atoms. The highest BCUT2D eigenvalue weighted by atomic mass is 32.1. The highest BCUT2D eigenvalue weighted by Gasteiger charge is 2.15. The molecule has 0 aliphatic heterocycles. The van der Waals surface area contributed by atoms with Crippen molar-refractivity contribution in [3.63, 3.8) is 0 Å². The Bertz CT molecular complexity index is 1170. The van der Waals surface area contributed by atoms with E-state index in [0.717, 1.165) is 28.6 Å². The molecule has 4 aromatic rings. The van der Waals surface area contributed by atoms with Crippen LogP contribution in [-0.2, 0) is 27.3 Å². The van der Waals surface area contributed by atoms with Crippen LogP contribution in [0.2, 0.25) is 0 Å². The molecule has 0 spiro atoms. The molecule has 0 radical (unpaired) electrons. The maximum atomic E-state index is 12.3. The monoisotopic (exact) mass is 395 g/mol. The number of nitrogens with zero attached hydrogens (tertiary/aromatic N) is 4. The Hall–Kier alpha value is -3.33. The number of aryl methyl sites for hydroxylation is 1. The highest BCUT2D eigenvalue weighted by Crippen LogP contribution is 2.21. The molecule has 1 amide bonds. The molecule has 4 rings (SSSR count). The lowest BCUT2D eigenvalue weighted by molar-refractivity contribution is -0.147. The minimum atomic E-state index is -0.499. The van der Waals surface area contributed by atoms with Crippen molar-refractivity contribution < 1.29 is 14.3 Å². The van der Waals surface area contributed by atoms with E-state index in [4.69, 9.17) is 4.74 Å². The van der Waals surface area contributed by atoms with E-state index in [1.54, 1.807) is 12.1 Å². The lowest BCUT2D eigenvalue weighted by atomic mass is 10.2. The fraction of sp³-hybridized carbons (Fsp3) is 0.211. The van der Waals surface area contributed by atoms with E-state index in [9.17, 15) is 9.59 Å². The third-order valence-electron chi connectivity index (χ3n) is 4.26. The first-order valence-electron chi connectivity index (χ1n) is 8.76. The molecule has 1 N–H and O–H groups in total. The van der Waals surface area contributed by atoms with E-state index in [1.807, 2.05) is 41.8 Å². The number of carbonyl (C=O) groups excluding carboxylic acids is 2. The first kappa shape index (κ1) is 18.1. The molecule has 0 saturated heterocycles. The van der Waals surface area contributed by atoms with Crippen molar-refractivity contribution in [3.8, 4) is 0 Å². The van der Waals surface area contributed by atoms with E-state index in [2.05, 4.69) is 19.0 Å². The van der Waals surface area contributed by atoms with Crippen molar-refractivity contribution >= 4 is 51.4 Å². The van der Waals surface area contributed by atoms with Gasteiger partial charge in [-0.1, -0.05) is 25.1 Å². The standard InChI is InChI=1S/C19H17N5O3S/c1-2-16-20-12-6-3-4-9-15(12)24(16)10-18(26)27-11-17(25)21-13-7-5-8-14-19(13)23-28-22-14/h3-9H,2,10-11H2,1H3,(H,21,25). The van der Waals surface area contributed by atoms with E-state index in [-0.39, 0.29) is 13.2 Å². The van der Waals surface area contributed by atoms with Crippen molar-refractivity contribution in [2.24, 2.45) is 0 Å². The Labute approximate surface area is 164 Å². The lowest BCUT2D eigenvalue weighted by Gasteiger charge is -2.09. The van der Waals surface area contributed by atoms with Gasteiger partial charge in [-0.3, -0.25) is 9.59 Å². The smallest absolute Gasteiger partial charge is 0.326 e. The SMILES string of the molecule is CCc1nc2ccccc2n1CC(=O)OCC(=O)Nc1cccc2nsnc12. The predicted octanol–water partition coefficient (Wildman–Crippen LogP) is 2.79. The molecular formula is C19H17N5O3S. The first-order chi connectivity index (χ1) is 13.7. The van der Waals surface area contributed by atoms with Crippen LogP contribution in [0.1, 0.15) is 12.7 Å². The van der Waals surface area contributed by atoms with Crippen LogP contribution in [-0.4, -0.2) is 36.8 Å². The van der Waals surface area contributed by atoms with E-state index in [1.165, 1.54) is 0 Å². The maximum Gasteiger partial charge on any atom is 0.326 e. The van der Waals surface area contributed by atoms with Crippen LogP contribution in [0.25, 0.3) is 22.1 Å². The van der Waals surface area contributed by atoms with Crippen LogP contribution in [0.4, 0.5) is 5.69 Å². The number of para-hydroxylation sites is 2. The number of hydrogen-bond acceptors (Lipinski definition) is 7. The summed E-state index contributed by atoms with van der Waals surface area (Å²) in [5.74, 6) is -0.132. The van der Waals surface area contributed by atoms with Gasteiger partial charge in [0.2, 0.25) is 0 Å². The summed E-state index contributed by atoms with van der Waals surface area (Å²) in [5, 5.41) is 2.71. The predicted molar refractivity (Wildman–Crippen MR) is 106 cm³/mol. The Morgan fingerprint density at radius 2 is 1.93 bits per heavy atom. The third-order valence-corrected chi connectivity index (χ3v) is 4.80. The molecule has 0 aliphatic rings. The second kappa shape index (κ2) is 7.73. The average Bonchev–Trinajstić information content (AvgIpc) is 3.32. The van der Waals surface area contributed by atoms with Crippen LogP contribution >= 0.6 is 11.7 Å². The van der Waals surface area contributed by atoms with E-state index in [0.29, 0.717) is 23.1 Å². The van der Waals surface area contributed by atoms with Gasteiger partial charge in [-0.05, 0) is 24.3 Å². The zero-order valence-electron chi connectivity index (χ0n) is 15.1. The molecule has 0 bridgehead atoms. The summed E-state index contributed by atoms with van der Waals surface area (Å²) in [7, 11) is 0. The van der Waals surface area contributed by atoms with Crippen molar-refractivity contribution in [1.82, 2.24) is 18.3 Å².